The molecule has 0 aliphatic heterocycles. The second-order valence-electron chi connectivity index (χ2n) is 3.14. The average Bonchev–Trinajstić information content (AvgIpc) is 2.70. The molecule has 0 atom stereocenters. The summed E-state index contributed by atoms with van der Waals surface area (Å²) in [7, 11) is 2.00. The first-order valence-electron chi connectivity index (χ1n) is 4.46. The summed E-state index contributed by atoms with van der Waals surface area (Å²) in [6.45, 7) is 0. The Labute approximate surface area is 82.8 Å². The summed E-state index contributed by atoms with van der Waals surface area (Å²) in [5, 5.41) is 0. The summed E-state index contributed by atoms with van der Waals surface area (Å²) in [5.74, 6) is 0. The fourth-order valence-electron chi connectivity index (χ4n) is 1.17. The van der Waals surface area contributed by atoms with Gasteiger partial charge >= 0.3 is 0 Å². The summed E-state index contributed by atoms with van der Waals surface area (Å²) < 4.78 is 2.01. The number of aromatic nitrogens is 3. The van der Waals surface area contributed by atoms with E-state index in [1.54, 1.807) is 12.5 Å². The highest BCUT2D eigenvalue weighted by Crippen LogP contribution is 2.02. The van der Waals surface area contributed by atoms with Crippen LogP contribution in [0.3, 0.4) is 0 Å². The lowest BCUT2D eigenvalue weighted by Crippen LogP contribution is -2.25. The zero-order valence-corrected chi connectivity index (χ0v) is 8.01. The Morgan fingerprint density at radius 1 is 1.29 bits per heavy atom. The molecule has 0 amide bonds. The zero-order valence-electron chi connectivity index (χ0n) is 8.01. The molecule has 0 saturated heterocycles. The number of nitrogens with one attached hydrogen (secondary N) is 1. The number of hydrogen-bond donors (Lipinski definition) is 1. The molecule has 0 bridgehead atoms. The molecule has 2 heterocycles. The van der Waals surface area contributed by atoms with Crippen LogP contribution in [-0.4, -0.2) is 9.97 Å². The average molecular weight is 186 g/mol. The van der Waals surface area contributed by atoms with Crippen molar-refractivity contribution < 1.29 is 4.57 Å². The van der Waals surface area contributed by atoms with Crippen LogP contribution in [0.2, 0.25) is 0 Å². The van der Waals surface area contributed by atoms with Gasteiger partial charge in [0.15, 0.2) is 12.4 Å². The molecule has 0 saturated carbocycles. The molecule has 0 spiro atoms. The maximum absolute atomic E-state index is 3.94. The normalized spacial score (nSPS) is 10.9. The summed E-state index contributed by atoms with van der Waals surface area (Å²) in [4.78, 5) is 6.95. The van der Waals surface area contributed by atoms with Gasteiger partial charge in [0, 0.05) is 12.1 Å². The second kappa shape index (κ2) is 3.87. The van der Waals surface area contributed by atoms with Crippen LogP contribution in [-0.2, 0) is 7.05 Å². The molecule has 3 nitrogen and oxygen atoms in total. The molecule has 0 aliphatic rings. The Morgan fingerprint density at radius 2 is 2.07 bits per heavy atom. The largest absolute Gasteiger partial charge is 0.345 e. The molecule has 0 aromatic carbocycles. The first-order chi connectivity index (χ1) is 6.84. The molecule has 0 fully saturated rings. The quantitative estimate of drug-likeness (QED) is 0.706. The maximum Gasteiger partial charge on any atom is 0.169 e. The lowest BCUT2D eigenvalue weighted by Gasteiger charge is -1.89. The van der Waals surface area contributed by atoms with Gasteiger partial charge < -0.3 is 4.98 Å². The highest BCUT2D eigenvalue weighted by atomic mass is 14.9. The van der Waals surface area contributed by atoms with Crippen LogP contribution in [0.4, 0.5) is 0 Å². The van der Waals surface area contributed by atoms with E-state index in [-0.39, 0.29) is 0 Å². The van der Waals surface area contributed by atoms with Crippen LogP contribution in [0.1, 0.15) is 11.3 Å². The first-order valence-corrected chi connectivity index (χ1v) is 4.46. The fourth-order valence-corrected chi connectivity index (χ4v) is 1.17. The van der Waals surface area contributed by atoms with E-state index < -0.39 is 0 Å². The lowest BCUT2D eigenvalue weighted by molar-refractivity contribution is -0.671. The molecular weight excluding hydrogens is 174 g/mol. The van der Waals surface area contributed by atoms with Crippen molar-refractivity contribution in [3.63, 3.8) is 0 Å². The van der Waals surface area contributed by atoms with Crippen molar-refractivity contribution in [1.82, 2.24) is 9.97 Å². The van der Waals surface area contributed by atoms with E-state index in [2.05, 4.69) is 22.1 Å². The molecule has 1 N–H and O–H groups in total. The van der Waals surface area contributed by atoms with Crippen LogP contribution in [0.15, 0.2) is 37.1 Å². The Morgan fingerprint density at radius 3 is 2.71 bits per heavy atom. The van der Waals surface area contributed by atoms with Gasteiger partial charge in [-0.05, 0) is 11.6 Å². The minimum atomic E-state index is 1.01. The first kappa shape index (κ1) is 8.69. The third-order valence-electron chi connectivity index (χ3n) is 1.98. The second-order valence-corrected chi connectivity index (χ2v) is 3.14. The summed E-state index contributed by atoms with van der Waals surface area (Å²) in [6.07, 6.45) is 11.6. The summed E-state index contributed by atoms with van der Waals surface area (Å²) >= 11 is 0. The Hall–Kier alpha value is -1.90. The molecule has 0 aliphatic carbocycles. The summed E-state index contributed by atoms with van der Waals surface area (Å²) in [5.41, 5.74) is 2.19. The number of H-pyrrole nitrogens is 1. The van der Waals surface area contributed by atoms with Crippen LogP contribution < -0.4 is 4.57 Å². The van der Waals surface area contributed by atoms with Crippen molar-refractivity contribution in [3.05, 3.63) is 48.3 Å². The van der Waals surface area contributed by atoms with E-state index in [0.717, 1.165) is 5.69 Å². The van der Waals surface area contributed by atoms with Crippen LogP contribution >= 0.6 is 0 Å². The fraction of sp³-hybridized carbons (Fsp3) is 0.0909. The number of nitrogens with zero attached hydrogens (tertiary/aromatic N) is 2. The van der Waals surface area contributed by atoms with E-state index in [0.29, 0.717) is 0 Å². The predicted octanol–water partition coefficient (Wildman–Crippen LogP) is 1.40. The Bertz CT molecular complexity index is 412. The Balaban J connectivity index is 2.15. The van der Waals surface area contributed by atoms with Gasteiger partial charge in [-0.1, -0.05) is 6.08 Å². The molecule has 0 radical (unpaired) electrons. The van der Waals surface area contributed by atoms with Gasteiger partial charge in [-0.15, -0.1) is 0 Å². The molecule has 3 heteroatoms. The van der Waals surface area contributed by atoms with E-state index in [9.17, 15) is 0 Å². The summed E-state index contributed by atoms with van der Waals surface area (Å²) in [6, 6.07) is 4.12. The van der Waals surface area contributed by atoms with Crippen molar-refractivity contribution in [2.45, 2.75) is 0 Å². The number of aromatic amines is 1. The van der Waals surface area contributed by atoms with Crippen molar-refractivity contribution in [2.24, 2.45) is 7.05 Å². The highest BCUT2D eigenvalue weighted by Gasteiger charge is 1.91. The van der Waals surface area contributed by atoms with Crippen molar-refractivity contribution >= 4 is 12.2 Å². The monoisotopic (exact) mass is 186 g/mol. The molecule has 0 unspecified atom stereocenters. The van der Waals surface area contributed by atoms with E-state index >= 15 is 0 Å². The van der Waals surface area contributed by atoms with Crippen LogP contribution in [0.5, 0.6) is 0 Å². The van der Waals surface area contributed by atoms with Crippen LogP contribution in [0, 0.1) is 0 Å². The standard InChI is InChI=1S/C11H11N3/c1-14-6-4-10(5-7-14)2-3-11-8-12-9-13-11/h2-9H,1H3/p+1. The lowest BCUT2D eigenvalue weighted by atomic mass is 10.2. The minimum absolute atomic E-state index is 1.01. The van der Waals surface area contributed by atoms with E-state index in [1.807, 2.05) is 36.2 Å². The van der Waals surface area contributed by atoms with Gasteiger partial charge in [0.05, 0.1) is 18.2 Å². The third kappa shape index (κ3) is 2.07. The minimum Gasteiger partial charge on any atom is -0.345 e. The maximum atomic E-state index is 3.94. The zero-order chi connectivity index (χ0) is 9.80. The van der Waals surface area contributed by atoms with Crippen molar-refractivity contribution in [3.8, 4) is 0 Å². The van der Waals surface area contributed by atoms with Gasteiger partial charge in [-0.25, -0.2) is 9.55 Å². The van der Waals surface area contributed by atoms with Gasteiger partial charge in [0.2, 0.25) is 0 Å². The number of hydrogen-bond acceptors (Lipinski definition) is 1. The Kier molecular flexibility index (Phi) is 2.40. The van der Waals surface area contributed by atoms with Crippen molar-refractivity contribution in [1.29, 1.82) is 0 Å². The van der Waals surface area contributed by atoms with Gasteiger partial charge in [-0.3, -0.25) is 0 Å². The molecule has 70 valence electrons. The topological polar surface area (TPSA) is 32.6 Å². The van der Waals surface area contributed by atoms with Gasteiger partial charge in [0.25, 0.3) is 0 Å². The third-order valence-corrected chi connectivity index (χ3v) is 1.98. The van der Waals surface area contributed by atoms with Crippen molar-refractivity contribution in [2.75, 3.05) is 0 Å². The number of imidazole rings is 1. The number of rotatable bonds is 2. The number of aryl methyl sites for hydroxylation is 1. The SMILES string of the molecule is C[n+]1ccc(/C=C/c2cnc[nH]2)cc1. The highest BCUT2D eigenvalue weighted by molar-refractivity contribution is 5.67. The molecular formula is C11H12N3+. The van der Waals surface area contributed by atoms with E-state index in [4.69, 9.17) is 0 Å². The van der Waals surface area contributed by atoms with Gasteiger partial charge in [0.1, 0.15) is 7.05 Å². The molecule has 2 aromatic heterocycles. The van der Waals surface area contributed by atoms with Crippen LogP contribution in [0.25, 0.3) is 12.2 Å². The van der Waals surface area contributed by atoms with E-state index in [1.165, 1.54) is 5.56 Å². The molecule has 2 aromatic rings. The molecule has 14 heavy (non-hydrogen) atoms. The molecule has 2 rings (SSSR count). The number of pyridine rings is 1. The van der Waals surface area contributed by atoms with Gasteiger partial charge in [-0.2, -0.15) is 0 Å². The predicted molar refractivity (Wildman–Crippen MR) is 55.1 cm³/mol. The smallest absolute Gasteiger partial charge is 0.169 e.